The van der Waals surface area contributed by atoms with Gasteiger partial charge in [0.2, 0.25) is 0 Å². The Balaban J connectivity index is 1.66. The molecule has 5 heteroatoms. The van der Waals surface area contributed by atoms with Gasteiger partial charge in [0.05, 0.1) is 5.56 Å². The molecule has 0 aromatic carbocycles. The summed E-state index contributed by atoms with van der Waals surface area (Å²) in [5.74, 6) is 0.737. The summed E-state index contributed by atoms with van der Waals surface area (Å²) < 4.78 is 0. The molecule has 0 spiro atoms. The number of fused-ring (bicyclic) bond motifs is 3. The number of anilines is 1. The summed E-state index contributed by atoms with van der Waals surface area (Å²) in [4.78, 5) is 18.2. The molecule has 2 aromatic heterocycles. The van der Waals surface area contributed by atoms with E-state index in [2.05, 4.69) is 36.4 Å². The molecule has 0 fully saturated rings. The molecule has 1 aliphatic carbocycles. The first-order valence-electron chi connectivity index (χ1n) is 8.55. The predicted octanol–water partition coefficient (Wildman–Crippen LogP) is 4.15. The van der Waals surface area contributed by atoms with Crippen molar-refractivity contribution in [1.82, 2.24) is 10.3 Å². The van der Waals surface area contributed by atoms with Crippen LogP contribution in [0.2, 0.25) is 0 Å². The summed E-state index contributed by atoms with van der Waals surface area (Å²) in [5.41, 5.74) is 3.50. The highest BCUT2D eigenvalue weighted by molar-refractivity contribution is 7.16. The van der Waals surface area contributed by atoms with E-state index < -0.39 is 0 Å². The van der Waals surface area contributed by atoms with Gasteiger partial charge in [-0.2, -0.15) is 0 Å². The van der Waals surface area contributed by atoms with Crippen LogP contribution in [0, 0.1) is 11.3 Å². The number of hydrogen-bond donors (Lipinski definition) is 2. The number of rotatable bonds is 1. The van der Waals surface area contributed by atoms with Crippen molar-refractivity contribution in [2.45, 2.75) is 46.2 Å². The lowest BCUT2D eigenvalue weighted by atomic mass is 9.72. The summed E-state index contributed by atoms with van der Waals surface area (Å²) >= 11 is 1.77. The minimum atomic E-state index is -0.175. The van der Waals surface area contributed by atoms with Crippen molar-refractivity contribution in [2.75, 3.05) is 5.32 Å². The van der Waals surface area contributed by atoms with Crippen LogP contribution >= 0.6 is 11.3 Å². The van der Waals surface area contributed by atoms with Crippen LogP contribution in [0.15, 0.2) is 24.5 Å². The summed E-state index contributed by atoms with van der Waals surface area (Å²) in [6, 6.07) is 3.87. The summed E-state index contributed by atoms with van der Waals surface area (Å²) in [6.07, 6.45) is 6.61. The first-order valence-corrected chi connectivity index (χ1v) is 9.37. The molecule has 2 aromatic rings. The maximum Gasteiger partial charge on any atom is 0.256 e. The van der Waals surface area contributed by atoms with Gasteiger partial charge >= 0.3 is 0 Å². The van der Waals surface area contributed by atoms with Crippen molar-refractivity contribution < 1.29 is 4.79 Å². The first-order chi connectivity index (χ1) is 11.4. The van der Waals surface area contributed by atoms with E-state index in [0.717, 1.165) is 29.0 Å². The van der Waals surface area contributed by atoms with E-state index >= 15 is 0 Å². The van der Waals surface area contributed by atoms with Crippen LogP contribution in [0.1, 0.15) is 59.7 Å². The molecule has 24 heavy (non-hydrogen) atoms. The van der Waals surface area contributed by atoms with Gasteiger partial charge in [-0.25, -0.2) is 0 Å². The number of thiophene rings is 1. The van der Waals surface area contributed by atoms with Gasteiger partial charge in [0.25, 0.3) is 5.91 Å². The fourth-order valence-corrected chi connectivity index (χ4v) is 5.11. The second kappa shape index (κ2) is 5.59. The largest absolute Gasteiger partial charge is 0.353 e. The maximum absolute atomic E-state index is 12.7. The third kappa shape index (κ3) is 2.61. The van der Waals surface area contributed by atoms with Crippen molar-refractivity contribution in [3.63, 3.8) is 0 Å². The number of amides is 1. The third-order valence-electron chi connectivity index (χ3n) is 5.31. The average molecular weight is 341 g/mol. The van der Waals surface area contributed by atoms with E-state index in [4.69, 9.17) is 0 Å². The monoisotopic (exact) mass is 341 g/mol. The average Bonchev–Trinajstić information content (AvgIpc) is 2.92. The topological polar surface area (TPSA) is 54.0 Å². The van der Waals surface area contributed by atoms with Gasteiger partial charge in [0.1, 0.15) is 11.2 Å². The number of nitrogens with one attached hydrogen (secondary N) is 2. The number of pyridine rings is 1. The van der Waals surface area contributed by atoms with Crippen LogP contribution in [0.4, 0.5) is 5.00 Å². The zero-order valence-electron chi connectivity index (χ0n) is 14.3. The van der Waals surface area contributed by atoms with Crippen molar-refractivity contribution in [3.8, 4) is 0 Å². The Morgan fingerprint density at radius 3 is 2.67 bits per heavy atom. The number of aromatic nitrogens is 1. The van der Waals surface area contributed by atoms with Gasteiger partial charge in [-0.05, 0) is 53.9 Å². The molecular weight excluding hydrogens is 318 g/mol. The van der Waals surface area contributed by atoms with E-state index in [1.807, 2.05) is 12.1 Å². The third-order valence-corrected chi connectivity index (χ3v) is 6.49. The first kappa shape index (κ1) is 15.6. The normalized spacial score (nSPS) is 23.0. The molecular formula is C19H23N3OS. The van der Waals surface area contributed by atoms with Crippen LogP contribution in [-0.2, 0) is 12.8 Å². The smallest absolute Gasteiger partial charge is 0.256 e. The van der Waals surface area contributed by atoms with E-state index in [1.54, 1.807) is 23.7 Å². The molecule has 1 amide bonds. The van der Waals surface area contributed by atoms with Crippen LogP contribution < -0.4 is 10.6 Å². The fourth-order valence-electron chi connectivity index (χ4n) is 3.76. The van der Waals surface area contributed by atoms with E-state index in [-0.39, 0.29) is 12.1 Å². The highest BCUT2D eigenvalue weighted by Crippen LogP contribution is 2.45. The molecule has 0 saturated heterocycles. The van der Waals surface area contributed by atoms with Crippen molar-refractivity contribution in [3.05, 3.63) is 46.1 Å². The van der Waals surface area contributed by atoms with Gasteiger partial charge in [-0.3, -0.25) is 9.78 Å². The van der Waals surface area contributed by atoms with Crippen LogP contribution in [0.25, 0.3) is 0 Å². The Bertz CT molecular complexity index is 776. The molecule has 4 nitrogen and oxygen atoms in total. The Hall–Kier alpha value is -1.88. The molecule has 2 N–H and O–H groups in total. The summed E-state index contributed by atoms with van der Waals surface area (Å²) in [6.45, 7) is 6.96. The van der Waals surface area contributed by atoms with E-state index in [1.165, 1.54) is 16.9 Å². The molecule has 2 aliphatic rings. The molecule has 2 atom stereocenters. The zero-order chi connectivity index (χ0) is 16.9. The molecule has 1 aliphatic heterocycles. The van der Waals surface area contributed by atoms with Gasteiger partial charge < -0.3 is 10.6 Å². The van der Waals surface area contributed by atoms with Crippen LogP contribution in [-0.4, -0.2) is 10.9 Å². The highest BCUT2D eigenvalue weighted by atomic mass is 32.1. The van der Waals surface area contributed by atoms with Gasteiger partial charge in [-0.15, -0.1) is 11.3 Å². The van der Waals surface area contributed by atoms with Gasteiger partial charge in [-0.1, -0.05) is 20.8 Å². The second-order valence-electron chi connectivity index (χ2n) is 7.85. The molecule has 0 unspecified atom stereocenters. The van der Waals surface area contributed by atoms with Gasteiger partial charge in [0, 0.05) is 17.3 Å². The number of carbonyl (C=O) groups excluding carboxylic acids is 1. The number of carbonyl (C=O) groups is 1. The lowest BCUT2D eigenvalue weighted by molar-refractivity contribution is 0.0935. The second-order valence-corrected chi connectivity index (χ2v) is 8.95. The number of hydrogen-bond acceptors (Lipinski definition) is 4. The van der Waals surface area contributed by atoms with Crippen molar-refractivity contribution in [2.24, 2.45) is 11.3 Å². The molecule has 0 saturated carbocycles. The standard InChI is InChI=1S/C19H23N3OS/c1-19(2,3)12-4-5-13-14(10-12)24-18-15(13)17(23)21-16(22-18)11-6-8-20-9-7-11/h6-9,12,16,22H,4-5,10H2,1-3H3,(H,21,23)/t12-,16+/m0/s1. The van der Waals surface area contributed by atoms with Gasteiger partial charge in [0.15, 0.2) is 0 Å². The molecule has 4 rings (SSSR count). The Morgan fingerprint density at radius 1 is 1.21 bits per heavy atom. The predicted molar refractivity (Wildman–Crippen MR) is 97.4 cm³/mol. The fraction of sp³-hybridized carbons (Fsp3) is 0.474. The lowest BCUT2D eigenvalue weighted by Gasteiger charge is -2.34. The molecule has 126 valence electrons. The Labute approximate surface area is 146 Å². The van der Waals surface area contributed by atoms with E-state index in [0.29, 0.717) is 11.3 Å². The highest BCUT2D eigenvalue weighted by Gasteiger charge is 2.36. The Kier molecular flexibility index (Phi) is 3.64. The molecule has 0 bridgehead atoms. The lowest BCUT2D eigenvalue weighted by Crippen LogP contribution is -2.38. The molecule has 0 radical (unpaired) electrons. The van der Waals surface area contributed by atoms with Crippen LogP contribution in [0.5, 0.6) is 0 Å². The molecule has 3 heterocycles. The summed E-state index contributed by atoms with van der Waals surface area (Å²) in [7, 11) is 0. The summed E-state index contributed by atoms with van der Waals surface area (Å²) in [5, 5.41) is 7.64. The quantitative estimate of drug-likeness (QED) is 0.819. The van der Waals surface area contributed by atoms with E-state index in [9.17, 15) is 4.79 Å². The zero-order valence-corrected chi connectivity index (χ0v) is 15.2. The number of nitrogens with zero attached hydrogens (tertiary/aromatic N) is 1. The maximum atomic E-state index is 12.7. The Morgan fingerprint density at radius 2 is 1.96 bits per heavy atom. The van der Waals surface area contributed by atoms with Crippen LogP contribution in [0.3, 0.4) is 0 Å². The minimum absolute atomic E-state index is 0.0530. The van der Waals surface area contributed by atoms with Crippen molar-refractivity contribution >= 4 is 22.2 Å². The van der Waals surface area contributed by atoms with Crippen molar-refractivity contribution in [1.29, 1.82) is 0 Å². The SMILES string of the molecule is CC(C)(C)[C@H]1CCc2c(sc3c2C(=O)N[C@@H](c2ccncc2)N3)C1. The minimum Gasteiger partial charge on any atom is -0.353 e.